The summed E-state index contributed by atoms with van der Waals surface area (Å²) in [6.45, 7) is 8.21. The lowest BCUT2D eigenvalue weighted by atomic mass is 9.72. The molecule has 0 unspecified atom stereocenters. The Hall–Kier alpha value is -3.04. The van der Waals surface area contributed by atoms with Crippen LogP contribution in [-0.2, 0) is 4.74 Å². The molecule has 1 aromatic heterocycles. The van der Waals surface area contributed by atoms with Crippen LogP contribution in [0.1, 0.15) is 39.2 Å². The quantitative estimate of drug-likeness (QED) is 0.366. The highest BCUT2D eigenvalue weighted by Crippen LogP contribution is 2.42. The molecule has 2 fully saturated rings. The third kappa shape index (κ3) is 4.78. The van der Waals surface area contributed by atoms with Gasteiger partial charge in [0.05, 0.1) is 16.3 Å². The summed E-state index contributed by atoms with van der Waals surface area (Å²) in [4.78, 5) is 20.8. The summed E-state index contributed by atoms with van der Waals surface area (Å²) in [6.07, 6.45) is 2.88. The fourth-order valence-corrected chi connectivity index (χ4v) is 5.88. The Kier molecular flexibility index (Phi) is 6.72. The summed E-state index contributed by atoms with van der Waals surface area (Å²) < 4.78 is 35.3. The predicted molar refractivity (Wildman–Crippen MR) is 149 cm³/mol. The Morgan fingerprint density at radius 1 is 1.13 bits per heavy atom. The number of aromatic nitrogens is 1. The van der Waals surface area contributed by atoms with Crippen molar-refractivity contribution in [3.63, 3.8) is 0 Å². The van der Waals surface area contributed by atoms with Crippen LogP contribution in [0.5, 0.6) is 0 Å². The second-order valence-electron chi connectivity index (χ2n) is 11.1. The lowest BCUT2D eigenvalue weighted by Crippen LogP contribution is -2.62. The minimum absolute atomic E-state index is 0.0125. The molecule has 2 aliphatic heterocycles. The van der Waals surface area contributed by atoms with E-state index in [9.17, 15) is 9.18 Å². The number of amides is 1. The van der Waals surface area contributed by atoms with Gasteiger partial charge >= 0.3 is 6.09 Å². The Morgan fingerprint density at radius 2 is 1.82 bits per heavy atom. The van der Waals surface area contributed by atoms with Crippen molar-refractivity contribution in [2.24, 2.45) is 5.41 Å². The Labute approximate surface area is 230 Å². The summed E-state index contributed by atoms with van der Waals surface area (Å²) in [5, 5.41) is 0.940. The number of thiocarbonyl (C=S) groups is 1. The zero-order chi connectivity index (χ0) is 27.4. The number of ether oxygens (including phenoxy) is 1. The van der Waals surface area contributed by atoms with Crippen molar-refractivity contribution < 1.29 is 18.3 Å². The van der Waals surface area contributed by atoms with Crippen molar-refractivity contribution in [2.45, 2.75) is 39.2 Å². The van der Waals surface area contributed by atoms with Crippen molar-refractivity contribution in [2.75, 3.05) is 31.9 Å². The molecule has 6 nitrogen and oxygen atoms in total. The van der Waals surface area contributed by atoms with E-state index in [2.05, 4.69) is 4.98 Å². The normalized spacial score (nSPS) is 17.0. The van der Waals surface area contributed by atoms with E-state index in [0.29, 0.717) is 53.1 Å². The smallest absolute Gasteiger partial charge is 0.410 e. The van der Waals surface area contributed by atoms with E-state index in [4.69, 9.17) is 34.3 Å². The number of rotatable bonds is 2. The van der Waals surface area contributed by atoms with Gasteiger partial charge in [0, 0.05) is 48.7 Å². The number of hydrogen-bond donors (Lipinski definition) is 1. The summed E-state index contributed by atoms with van der Waals surface area (Å²) in [5.41, 5.74) is 6.34. The number of likely N-dealkylation sites (tertiary alicyclic amines) is 2. The number of benzene rings is 2. The molecule has 38 heavy (non-hydrogen) atoms. The molecule has 10 heteroatoms. The molecule has 2 saturated heterocycles. The van der Waals surface area contributed by atoms with Crippen molar-refractivity contribution in [3.05, 3.63) is 58.7 Å². The minimum atomic E-state index is -0.724. The van der Waals surface area contributed by atoms with Crippen LogP contribution in [0.4, 0.5) is 19.3 Å². The van der Waals surface area contributed by atoms with E-state index in [1.54, 1.807) is 29.2 Å². The molecular weight excluding hydrogens is 530 g/mol. The monoisotopic (exact) mass is 558 g/mol. The summed E-state index contributed by atoms with van der Waals surface area (Å²) in [6, 6.07) is 8.00. The number of halogens is 3. The number of carbonyl (C=O) groups excluding carboxylic acids is 1. The van der Waals surface area contributed by atoms with E-state index in [1.165, 1.54) is 12.3 Å². The number of nitrogens with two attached hydrogens (primary N) is 1. The molecular formula is C28H29ClF2N4O2S. The zero-order valence-electron chi connectivity index (χ0n) is 21.5. The second-order valence-corrected chi connectivity index (χ2v) is 11.9. The van der Waals surface area contributed by atoms with Crippen LogP contribution >= 0.6 is 23.8 Å². The van der Waals surface area contributed by atoms with Crippen LogP contribution < -0.4 is 5.73 Å². The highest BCUT2D eigenvalue weighted by Gasteiger charge is 2.48. The standard InChI is InChI=1S/C28H29ClF2N4O2S/c1-27(2,3)37-26(36)35-14-28(15-35)9-11-34(12-10-28)25(38)18-13-33-24(22(31)23(18)32)17-6-4-5-16-7-8-19(30)21(29)20(16)17/h4-8,13H,9-12,14-15H2,1-3H3,(H2,32,33). The van der Waals surface area contributed by atoms with E-state index >= 15 is 4.39 Å². The fraction of sp³-hybridized carbons (Fsp3) is 0.393. The lowest BCUT2D eigenvalue weighted by molar-refractivity contribution is -0.0529. The first kappa shape index (κ1) is 26.6. The van der Waals surface area contributed by atoms with Crippen LogP contribution in [0.2, 0.25) is 5.02 Å². The van der Waals surface area contributed by atoms with Gasteiger partial charge in [0.25, 0.3) is 0 Å². The topological polar surface area (TPSA) is 71.7 Å². The van der Waals surface area contributed by atoms with Gasteiger partial charge in [-0.3, -0.25) is 4.98 Å². The van der Waals surface area contributed by atoms with Gasteiger partial charge in [-0.2, -0.15) is 0 Å². The zero-order valence-corrected chi connectivity index (χ0v) is 23.1. The molecule has 3 aromatic rings. The SMILES string of the molecule is CC(C)(C)OC(=O)N1CC2(CCN(C(=S)c3cnc(-c4cccc5ccc(F)c(Cl)c45)c(F)c3N)CC2)C1. The molecule has 0 atom stereocenters. The average molecular weight is 559 g/mol. The molecule has 2 aliphatic rings. The fourth-order valence-electron chi connectivity index (χ4n) is 5.26. The minimum Gasteiger partial charge on any atom is -0.444 e. The molecule has 2 aromatic carbocycles. The van der Waals surface area contributed by atoms with Gasteiger partial charge in [0.2, 0.25) is 0 Å². The number of nitrogens with zero attached hydrogens (tertiary/aromatic N) is 3. The molecule has 200 valence electrons. The van der Waals surface area contributed by atoms with Crippen molar-refractivity contribution >= 4 is 51.4 Å². The van der Waals surface area contributed by atoms with Crippen molar-refractivity contribution in [1.29, 1.82) is 0 Å². The van der Waals surface area contributed by atoms with Crippen LogP contribution in [-0.4, -0.2) is 57.6 Å². The van der Waals surface area contributed by atoms with Gasteiger partial charge in [-0.1, -0.05) is 48.1 Å². The van der Waals surface area contributed by atoms with E-state index in [-0.39, 0.29) is 27.9 Å². The Bertz CT molecular complexity index is 1440. The molecule has 1 amide bonds. The number of piperidine rings is 1. The largest absolute Gasteiger partial charge is 0.444 e. The summed E-state index contributed by atoms with van der Waals surface area (Å²) in [7, 11) is 0. The van der Waals surface area contributed by atoms with Crippen LogP contribution in [0, 0.1) is 17.0 Å². The maximum Gasteiger partial charge on any atom is 0.410 e. The molecule has 3 heterocycles. The molecule has 1 spiro atoms. The first-order chi connectivity index (χ1) is 17.9. The average Bonchev–Trinajstić information content (AvgIpc) is 2.85. The van der Waals surface area contributed by atoms with Gasteiger partial charge in [0.15, 0.2) is 5.82 Å². The van der Waals surface area contributed by atoms with Crippen LogP contribution in [0.3, 0.4) is 0 Å². The lowest BCUT2D eigenvalue weighted by Gasteiger charge is -2.54. The van der Waals surface area contributed by atoms with Crippen LogP contribution in [0.25, 0.3) is 22.0 Å². The van der Waals surface area contributed by atoms with Gasteiger partial charge in [-0.05, 0) is 45.1 Å². The molecule has 0 radical (unpaired) electrons. The molecule has 0 saturated carbocycles. The molecule has 5 rings (SSSR count). The maximum absolute atomic E-state index is 15.6. The van der Waals surface area contributed by atoms with E-state index in [1.807, 2.05) is 25.7 Å². The molecule has 0 aliphatic carbocycles. The van der Waals surface area contributed by atoms with Crippen LogP contribution in [0.15, 0.2) is 36.5 Å². The summed E-state index contributed by atoms with van der Waals surface area (Å²) >= 11 is 11.9. The van der Waals surface area contributed by atoms with Gasteiger partial charge < -0.3 is 20.3 Å². The third-order valence-electron chi connectivity index (χ3n) is 7.29. The number of carbonyl (C=O) groups is 1. The van der Waals surface area contributed by atoms with E-state index in [0.717, 1.165) is 12.8 Å². The van der Waals surface area contributed by atoms with Crippen molar-refractivity contribution in [3.8, 4) is 11.3 Å². The number of pyridine rings is 1. The maximum atomic E-state index is 15.6. The number of anilines is 1. The second kappa shape index (κ2) is 9.61. The Balaban J connectivity index is 1.31. The van der Waals surface area contributed by atoms with Crippen molar-refractivity contribution in [1.82, 2.24) is 14.8 Å². The first-order valence-electron chi connectivity index (χ1n) is 12.5. The third-order valence-corrected chi connectivity index (χ3v) is 8.14. The van der Waals surface area contributed by atoms with Gasteiger partial charge in [0.1, 0.15) is 22.1 Å². The predicted octanol–water partition coefficient (Wildman–Crippen LogP) is 6.42. The number of nitrogen functional groups attached to an aromatic ring is 1. The number of fused-ring (bicyclic) bond motifs is 1. The first-order valence-corrected chi connectivity index (χ1v) is 13.3. The highest BCUT2D eigenvalue weighted by atomic mass is 35.5. The van der Waals surface area contributed by atoms with Gasteiger partial charge in [-0.25, -0.2) is 13.6 Å². The highest BCUT2D eigenvalue weighted by molar-refractivity contribution is 7.80. The molecule has 0 bridgehead atoms. The molecule has 2 N–H and O–H groups in total. The Morgan fingerprint density at radius 3 is 2.47 bits per heavy atom. The number of hydrogen-bond acceptors (Lipinski definition) is 5. The van der Waals surface area contributed by atoms with E-state index < -0.39 is 17.2 Å². The summed E-state index contributed by atoms with van der Waals surface area (Å²) in [5.74, 6) is -1.32. The van der Waals surface area contributed by atoms with Gasteiger partial charge in [-0.15, -0.1) is 0 Å².